The fraction of sp³-hybridized carbons (Fsp3) is 0.565. The van der Waals surface area contributed by atoms with Crippen molar-refractivity contribution in [3.63, 3.8) is 0 Å². The normalized spacial score (nSPS) is 24.2. The number of morpholine rings is 1. The Labute approximate surface area is 173 Å². The van der Waals surface area contributed by atoms with Crippen LogP contribution in [0.25, 0.3) is 17.0 Å². The second-order valence-electron chi connectivity index (χ2n) is 8.78. The quantitative estimate of drug-likeness (QED) is 0.806. The monoisotopic (exact) mass is 396 g/mol. The molecule has 1 aliphatic carbocycles. The van der Waals surface area contributed by atoms with E-state index in [0.29, 0.717) is 12.1 Å². The molecule has 0 atom stereocenters. The summed E-state index contributed by atoms with van der Waals surface area (Å²) < 4.78 is 5.49. The van der Waals surface area contributed by atoms with Gasteiger partial charge in [-0.1, -0.05) is 18.2 Å². The number of ether oxygens (including phenoxy) is 1. The molecule has 4 rings (SSSR count). The number of hydrogen-bond donors (Lipinski definition) is 2. The van der Waals surface area contributed by atoms with Gasteiger partial charge in [0.25, 0.3) is 0 Å². The van der Waals surface area contributed by atoms with Gasteiger partial charge in [0.15, 0.2) is 0 Å². The van der Waals surface area contributed by atoms with E-state index in [1.54, 1.807) is 26.3 Å². The Balaban J connectivity index is 1.44. The lowest BCUT2D eigenvalue weighted by Crippen LogP contribution is -2.46. The summed E-state index contributed by atoms with van der Waals surface area (Å²) in [6.45, 7) is 7.42. The molecule has 1 saturated carbocycles. The first kappa shape index (κ1) is 20.3. The van der Waals surface area contributed by atoms with Crippen LogP contribution < -0.4 is 5.32 Å². The van der Waals surface area contributed by atoms with E-state index < -0.39 is 5.60 Å². The molecule has 0 spiro atoms. The standard InChI is InChI=1S/C23H32N4O2/c1-23(2,28)10-9-17-3-8-21-20(15-17)22(25-16-24-21)26-18-4-6-19(7-5-18)27-11-13-29-14-12-27/h3,8-10,15-16,18-19,28H,4-7,11-14H2,1-2H3,(H,24,25,26)/b10-9+. The molecule has 0 bridgehead atoms. The van der Waals surface area contributed by atoms with E-state index in [4.69, 9.17) is 4.74 Å². The number of anilines is 1. The third-order valence-electron chi connectivity index (χ3n) is 5.94. The van der Waals surface area contributed by atoms with Crippen molar-refractivity contribution in [1.82, 2.24) is 14.9 Å². The van der Waals surface area contributed by atoms with Gasteiger partial charge in [0.1, 0.15) is 12.1 Å². The van der Waals surface area contributed by atoms with E-state index in [1.165, 1.54) is 12.8 Å². The molecule has 1 aromatic heterocycles. The first-order valence-electron chi connectivity index (χ1n) is 10.7. The molecule has 6 nitrogen and oxygen atoms in total. The van der Waals surface area contributed by atoms with Crippen molar-refractivity contribution < 1.29 is 9.84 Å². The smallest absolute Gasteiger partial charge is 0.137 e. The molecule has 2 N–H and O–H groups in total. The van der Waals surface area contributed by atoms with Crippen molar-refractivity contribution in [1.29, 1.82) is 0 Å². The van der Waals surface area contributed by atoms with Gasteiger partial charge in [-0.3, -0.25) is 4.90 Å². The molecule has 1 aromatic carbocycles. The first-order valence-corrected chi connectivity index (χ1v) is 10.7. The van der Waals surface area contributed by atoms with Crippen molar-refractivity contribution in [2.24, 2.45) is 0 Å². The van der Waals surface area contributed by atoms with Gasteiger partial charge < -0.3 is 15.2 Å². The predicted octanol–water partition coefficient (Wildman–Crippen LogP) is 3.47. The fourth-order valence-corrected chi connectivity index (χ4v) is 4.31. The van der Waals surface area contributed by atoms with Crippen LogP contribution >= 0.6 is 0 Å². The van der Waals surface area contributed by atoms with Crippen molar-refractivity contribution in [2.45, 2.75) is 57.2 Å². The average Bonchev–Trinajstić information content (AvgIpc) is 2.73. The topological polar surface area (TPSA) is 70.5 Å². The minimum atomic E-state index is -0.831. The zero-order chi connectivity index (χ0) is 20.3. The van der Waals surface area contributed by atoms with Crippen LogP contribution in [0.1, 0.15) is 45.1 Å². The van der Waals surface area contributed by atoms with Gasteiger partial charge in [0, 0.05) is 30.6 Å². The number of nitrogens with zero attached hydrogens (tertiary/aromatic N) is 3. The summed E-state index contributed by atoms with van der Waals surface area (Å²) in [5.74, 6) is 0.906. The predicted molar refractivity (Wildman–Crippen MR) is 117 cm³/mol. The highest BCUT2D eigenvalue weighted by atomic mass is 16.5. The molecule has 156 valence electrons. The van der Waals surface area contributed by atoms with Gasteiger partial charge in [0.05, 0.1) is 24.3 Å². The van der Waals surface area contributed by atoms with Crippen molar-refractivity contribution in [3.8, 4) is 0 Å². The molecule has 6 heteroatoms. The molecule has 0 unspecified atom stereocenters. The molecule has 1 saturated heterocycles. The van der Waals surface area contributed by atoms with Gasteiger partial charge in [-0.05, 0) is 57.2 Å². The molecule has 1 aliphatic heterocycles. The van der Waals surface area contributed by atoms with E-state index in [2.05, 4.69) is 26.3 Å². The number of nitrogens with one attached hydrogen (secondary N) is 1. The number of fused-ring (bicyclic) bond motifs is 1. The van der Waals surface area contributed by atoms with Gasteiger partial charge in [0.2, 0.25) is 0 Å². The Morgan fingerprint density at radius 2 is 1.90 bits per heavy atom. The summed E-state index contributed by atoms with van der Waals surface area (Å²) in [6, 6.07) is 7.27. The molecular weight excluding hydrogens is 364 g/mol. The van der Waals surface area contributed by atoms with Crippen LogP contribution in [-0.2, 0) is 4.74 Å². The Morgan fingerprint density at radius 3 is 2.62 bits per heavy atom. The van der Waals surface area contributed by atoms with Crippen molar-refractivity contribution >= 4 is 22.8 Å². The minimum Gasteiger partial charge on any atom is -0.386 e. The first-order chi connectivity index (χ1) is 14.0. The van der Waals surface area contributed by atoms with Crippen LogP contribution in [0.4, 0.5) is 5.82 Å². The fourth-order valence-electron chi connectivity index (χ4n) is 4.31. The Morgan fingerprint density at radius 1 is 1.14 bits per heavy atom. The Hall–Kier alpha value is -2.02. The number of aromatic nitrogens is 2. The van der Waals surface area contributed by atoms with E-state index >= 15 is 0 Å². The summed E-state index contributed by atoms with van der Waals surface area (Å²) in [7, 11) is 0. The highest BCUT2D eigenvalue weighted by Crippen LogP contribution is 2.28. The molecular formula is C23H32N4O2. The molecule has 2 aromatic rings. The second kappa shape index (κ2) is 8.78. The van der Waals surface area contributed by atoms with Crippen molar-refractivity contribution in [2.75, 3.05) is 31.6 Å². The van der Waals surface area contributed by atoms with E-state index in [0.717, 1.165) is 61.4 Å². The van der Waals surface area contributed by atoms with E-state index in [-0.39, 0.29) is 0 Å². The lowest BCUT2D eigenvalue weighted by molar-refractivity contribution is 0.00791. The number of aliphatic hydroxyl groups is 1. The molecule has 2 aliphatic rings. The van der Waals surface area contributed by atoms with Gasteiger partial charge in [-0.25, -0.2) is 9.97 Å². The maximum absolute atomic E-state index is 9.94. The van der Waals surface area contributed by atoms with Crippen LogP contribution in [-0.4, -0.2) is 64.0 Å². The second-order valence-corrected chi connectivity index (χ2v) is 8.78. The molecule has 2 fully saturated rings. The van der Waals surface area contributed by atoms with Gasteiger partial charge >= 0.3 is 0 Å². The highest BCUT2D eigenvalue weighted by Gasteiger charge is 2.27. The number of hydrogen-bond acceptors (Lipinski definition) is 6. The molecule has 2 heterocycles. The SMILES string of the molecule is CC(C)(O)/C=C/c1ccc2ncnc(NC3CCC(N4CCOCC4)CC3)c2c1. The average molecular weight is 397 g/mol. The van der Waals surface area contributed by atoms with E-state index in [9.17, 15) is 5.11 Å². The lowest BCUT2D eigenvalue weighted by Gasteiger charge is -2.39. The van der Waals surface area contributed by atoms with E-state index in [1.807, 2.05) is 18.2 Å². The lowest BCUT2D eigenvalue weighted by atomic mass is 9.90. The van der Waals surface area contributed by atoms with Crippen LogP contribution in [0.15, 0.2) is 30.6 Å². The highest BCUT2D eigenvalue weighted by molar-refractivity contribution is 5.90. The van der Waals surface area contributed by atoms with Gasteiger partial charge in [-0.2, -0.15) is 0 Å². The summed E-state index contributed by atoms with van der Waals surface area (Å²) in [4.78, 5) is 11.6. The van der Waals surface area contributed by atoms with Crippen LogP contribution in [0.2, 0.25) is 0 Å². The number of benzene rings is 1. The zero-order valence-electron chi connectivity index (χ0n) is 17.5. The van der Waals surface area contributed by atoms with Crippen LogP contribution in [0.3, 0.4) is 0 Å². The molecule has 0 amide bonds. The summed E-state index contributed by atoms with van der Waals surface area (Å²) in [6.07, 6.45) is 10.1. The summed E-state index contributed by atoms with van der Waals surface area (Å²) in [5, 5.41) is 14.7. The maximum atomic E-state index is 9.94. The van der Waals surface area contributed by atoms with Crippen LogP contribution in [0, 0.1) is 0 Å². The molecule has 0 radical (unpaired) electrons. The van der Waals surface area contributed by atoms with Crippen molar-refractivity contribution in [3.05, 3.63) is 36.2 Å². The Bertz CT molecular complexity index is 848. The largest absolute Gasteiger partial charge is 0.386 e. The van der Waals surface area contributed by atoms with Gasteiger partial charge in [-0.15, -0.1) is 0 Å². The third-order valence-corrected chi connectivity index (χ3v) is 5.94. The zero-order valence-corrected chi connectivity index (χ0v) is 17.5. The molecule has 29 heavy (non-hydrogen) atoms. The van der Waals surface area contributed by atoms with Crippen LogP contribution in [0.5, 0.6) is 0 Å². The minimum absolute atomic E-state index is 0.445. The third kappa shape index (κ3) is 5.32. The maximum Gasteiger partial charge on any atom is 0.137 e. The Kier molecular flexibility index (Phi) is 6.13. The summed E-state index contributed by atoms with van der Waals surface area (Å²) >= 11 is 0. The summed E-state index contributed by atoms with van der Waals surface area (Å²) in [5.41, 5.74) is 1.14. The number of rotatable bonds is 5.